The number of benzene rings is 1. The molecule has 1 aromatic heterocycles. The number of hydrogen-bond acceptors (Lipinski definition) is 2. The number of rotatable bonds is 2. The number of aromatic nitrogens is 1. The van der Waals surface area contributed by atoms with Gasteiger partial charge in [0.25, 0.3) is 5.91 Å². The molecule has 0 radical (unpaired) electrons. The van der Waals surface area contributed by atoms with Gasteiger partial charge in [-0.25, -0.2) is 4.39 Å². The van der Waals surface area contributed by atoms with Crippen molar-refractivity contribution in [3.05, 3.63) is 56.5 Å². The van der Waals surface area contributed by atoms with Gasteiger partial charge in [-0.3, -0.25) is 9.78 Å². The summed E-state index contributed by atoms with van der Waals surface area (Å²) in [7, 11) is 0. The first-order chi connectivity index (χ1) is 8.99. The SMILES string of the molecule is Cc1cc(Br)c(NC(=O)c2ccncc2F)c(Br)c1. The molecule has 1 N–H and O–H groups in total. The molecule has 0 atom stereocenters. The molecule has 98 valence electrons. The summed E-state index contributed by atoms with van der Waals surface area (Å²) in [6.45, 7) is 1.93. The second-order valence-electron chi connectivity index (χ2n) is 3.91. The van der Waals surface area contributed by atoms with E-state index in [1.807, 2.05) is 19.1 Å². The summed E-state index contributed by atoms with van der Waals surface area (Å²) in [4.78, 5) is 15.6. The lowest BCUT2D eigenvalue weighted by Crippen LogP contribution is -2.14. The number of halogens is 3. The van der Waals surface area contributed by atoms with Crippen molar-refractivity contribution in [1.82, 2.24) is 4.98 Å². The lowest BCUT2D eigenvalue weighted by atomic mass is 10.2. The molecule has 0 aliphatic rings. The minimum Gasteiger partial charge on any atom is -0.320 e. The number of nitrogens with zero attached hydrogens (tertiary/aromatic N) is 1. The lowest BCUT2D eigenvalue weighted by Gasteiger charge is -2.11. The maximum absolute atomic E-state index is 13.5. The van der Waals surface area contributed by atoms with Crippen molar-refractivity contribution in [2.24, 2.45) is 0 Å². The van der Waals surface area contributed by atoms with Crippen LogP contribution in [0.25, 0.3) is 0 Å². The standard InChI is InChI=1S/C13H9Br2FN2O/c1-7-4-9(14)12(10(15)5-7)18-13(19)8-2-3-17-6-11(8)16/h2-6H,1H3,(H,18,19). The Bertz CT molecular complexity index is 623. The van der Waals surface area contributed by atoms with Gasteiger partial charge >= 0.3 is 0 Å². The van der Waals surface area contributed by atoms with Crippen LogP contribution in [-0.2, 0) is 0 Å². The molecule has 0 aliphatic heterocycles. The van der Waals surface area contributed by atoms with Crippen molar-refractivity contribution in [2.75, 3.05) is 5.32 Å². The molecule has 1 amide bonds. The fraction of sp³-hybridized carbons (Fsp3) is 0.0769. The Hall–Kier alpha value is -1.27. The van der Waals surface area contributed by atoms with Crippen molar-refractivity contribution < 1.29 is 9.18 Å². The van der Waals surface area contributed by atoms with E-state index in [0.717, 1.165) is 20.7 Å². The number of carbonyl (C=O) groups excluding carboxylic acids is 1. The molecule has 0 spiro atoms. The van der Waals surface area contributed by atoms with Crippen LogP contribution in [0.5, 0.6) is 0 Å². The zero-order valence-corrected chi connectivity index (χ0v) is 13.0. The van der Waals surface area contributed by atoms with E-state index in [9.17, 15) is 9.18 Å². The molecule has 2 aromatic rings. The van der Waals surface area contributed by atoms with E-state index in [1.54, 1.807) is 0 Å². The molecule has 3 nitrogen and oxygen atoms in total. The number of nitrogens with one attached hydrogen (secondary N) is 1. The van der Waals surface area contributed by atoms with Gasteiger partial charge in [-0.15, -0.1) is 0 Å². The molecule has 0 saturated heterocycles. The second-order valence-corrected chi connectivity index (χ2v) is 5.62. The topological polar surface area (TPSA) is 42.0 Å². The predicted molar refractivity (Wildman–Crippen MR) is 78.7 cm³/mol. The van der Waals surface area contributed by atoms with Crippen LogP contribution >= 0.6 is 31.9 Å². The second kappa shape index (κ2) is 5.79. The minimum atomic E-state index is -0.653. The molecular formula is C13H9Br2FN2O. The van der Waals surface area contributed by atoms with Gasteiger partial charge in [0.2, 0.25) is 0 Å². The van der Waals surface area contributed by atoms with E-state index in [2.05, 4.69) is 42.2 Å². The maximum atomic E-state index is 13.5. The molecular weight excluding hydrogens is 379 g/mol. The summed E-state index contributed by atoms with van der Waals surface area (Å²) in [5, 5.41) is 2.66. The number of pyridine rings is 1. The first-order valence-corrected chi connectivity index (χ1v) is 6.94. The number of anilines is 1. The van der Waals surface area contributed by atoms with Crippen LogP contribution in [0.3, 0.4) is 0 Å². The summed E-state index contributed by atoms with van der Waals surface area (Å²) in [6, 6.07) is 5.06. The van der Waals surface area contributed by atoms with Crippen molar-refractivity contribution in [3.8, 4) is 0 Å². The first kappa shape index (κ1) is 14.1. The monoisotopic (exact) mass is 386 g/mol. The van der Waals surface area contributed by atoms with Crippen molar-refractivity contribution >= 4 is 43.5 Å². The van der Waals surface area contributed by atoms with Gasteiger partial charge in [0.05, 0.1) is 17.4 Å². The number of hydrogen-bond donors (Lipinski definition) is 1. The quantitative estimate of drug-likeness (QED) is 0.834. The number of aryl methyl sites for hydroxylation is 1. The Morgan fingerprint density at radius 2 is 1.95 bits per heavy atom. The summed E-state index contributed by atoms with van der Waals surface area (Å²) in [6.07, 6.45) is 2.38. The normalized spacial score (nSPS) is 10.3. The Morgan fingerprint density at radius 1 is 1.32 bits per heavy atom. The Kier molecular flexibility index (Phi) is 4.31. The minimum absolute atomic E-state index is 0.0469. The van der Waals surface area contributed by atoms with Crippen LogP contribution in [0.15, 0.2) is 39.5 Å². The highest BCUT2D eigenvalue weighted by molar-refractivity contribution is 9.11. The predicted octanol–water partition coefficient (Wildman–Crippen LogP) is 4.31. The van der Waals surface area contributed by atoms with Gasteiger partial charge in [-0.1, -0.05) is 0 Å². The van der Waals surface area contributed by atoms with Crippen molar-refractivity contribution in [2.45, 2.75) is 6.92 Å². The smallest absolute Gasteiger partial charge is 0.258 e. The van der Waals surface area contributed by atoms with Crippen LogP contribution in [0.2, 0.25) is 0 Å². The molecule has 2 rings (SSSR count). The largest absolute Gasteiger partial charge is 0.320 e. The molecule has 19 heavy (non-hydrogen) atoms. The average molecular weight is 388 g/mol. The van der Waals surface area contributed by atoms with Crippen molar-refractivity contribution in [3.63, 3.8) is 0 Å². The zero-order valence-electron chi connectivity index (χ0n) is 9.88. The van der Waals surface area contributed by atoms with Crippen LogP contribution in [0.1, 0.15) is 15.9 Å². The van der Waals surface area contributed by atoms with Gasteiger partial charge in [0.15, 0.2) is 5.82 Å². The van der Waals surface area contributed by atoms with Crippen molar-refractivity contribution in [1.29, 1.82) is 0 Å². The molecule has 0 bridgehead atoms. The van der Waals surface area contributed by atoms with E-state index in [1.165, 1.54) is 12.3 Å². The van der Waals surface area contributed by atoms with Crippen LogP contribution in [0.4, 0.5) is 10.1 Å². The third kappa shape index (κ3) is 3.19. The molecule has 0 aliphatic carbocycles. The Labute approximate surface area is 126 Å². The summed E-state index contributed by atoms with van der Waals surface area (Å²) in [5.41, 5.74) is 1.55. The Balaban J connectivity index is 2.32. The van der Waals surface area contributed by atoms with Gasteiger partial charge in [0, 0.05) is 15.1 Å². The average Bonchev–Trinajstić information content (AvgIpc) is 2.34. The highest BCUT2D eigenvalue weighted by atomic mass is 79.9. The van der Waals surface area contributed by atoms with E-state index < -0.39 is 11.7 Å². The third-order valence-corrected chi connectivity index (χ3v) is 3.69. The fourth-order valence-corrected chi connectivity index (χ4v) is 3.17. The summed E-state index contributed by atoms with van der Waals surface area (Å²) < 4.78 is 14.9. The summed E-state index contributed by atoms with van der Waals surface area (Å²) >= 11 is 6.73. The molecule has 1 aromatic carbocycles. The highest BCUT2D eigenvalue weighted by Gasteiger charge is 2.15. The van der Waals surface area contributed by atoms with Gasteiger partial charge in [0.1, 0.15) is 0 Å². The van der Waals surface area contributed by atoms with Gasteiger partial charge in [-0.05, 0) is 62.5 Å². The lowest BCUT2D eigenvalue weighted by molar-refractivity contribution is 0.102. The molecule has 0 fully saturated rings. The van der Waals surface area contributed by atoms with E-state index >= 15 is 0 Å². The molecule has 1 heterocycles. The Morgan fingerprint density at radius 3 is 2.53 bits per heavy atom. The van der Waals surface area contributed by atoms with E-state index in [0.29, 0.717) is 5.69 Å². The van der Waals surface area contributed by atoms with E-state index in [-0.39, 0.29) is 5.56 Å². The van der Waals surface area contributed by atoms with Gasteiger partial charge in [-0.2, -0.15) is 0 Å². The van der Waals surface area contributed by atoms with E-state index in [4.69, 9.17) is 0 Å². The fourth-order valence-electron chi connectivity index (χ4n) is 1.56. The van der Waals surface area contributed by atoms with Crippen LogP contribution < -0.4 is 5.32 Å². The molecule has 0 unspecified atom stereocenters. The highest BCUT2D eigenvalue weighted by Crippen LogP contribution is 2.32. The molecule has 0 saturated carbocycles. The third-order valence-electron chi connectivity index (χ3n) is 2.44. The summed E-state index contributed by atoms with van der Waals surface area (Å²) in [5.74, 6) is -1.18. The van der Waals surface area contributed by atoms with Crippen LogP contribution in [0, 0.1) is 12.7 Å². The first-order valence-electron chi connectivity index (χ1n) is 5.35. The number of carbonyl (C=O) groups is 1. The maximum Gasteiger partial charge on any atom is 0.258 e. The zero-order chi connectivity index (χ0) is 14.0. The van der Waals surface area contributed by atoms with Gasteiger partial charge < -0.3 is 5.32 Å². The van der Waals surface area contributed by atoms with Crippen LogP contribution in [-0.4, -0.2) is 10.9 Å². The number of amides is 1. The molecule has 6 heteroatoms.